The molecule has 33 heavy (non-hydrogen) atoms. The third-order valence-corrected chi connectivity index (χ3v) is 6.14. The Hall–Kier alpha value is -2.33. The number of carbonyl (C=O) groups is 1. The largest absolute Gasteiger partial charge is 0.457 e. The molecule has 0 aliphatic heterocycles. The maximum atomic E-state index is 12.7. The van der Waals surface area contributed by atoms with Crippen molar-refractivity contribution in [3.63, 3.8) is 0 Å². The normalized spacial score (nSPS) is 12.4. The Morgan fingerprint density at radius 2 is 1.58 bits per heavy atom. The van der Waals surface area contributed by atoms with Crippen LogP contribution in [0.2, 0.25) is 0 Å². The molecule has 0 aliphatic carbocycles. The SMILES string of the molecule is CCCCCCCCc1cccc(OCOC(=O)C(CC)C[N+](C)(C)Cc2ccccc2)c1. The number of nitrogens with zero attached hydrogens (tertiary/aromatic N) is 1. The first-order chi connectivity index (χ1) is 15.9. The molecule has 0 bridgehead atoms. The van der Waals surface area contributed by atoms with Crippen LogP contribution in [-0.4, -0.2) is 37.9 Å². The Balaban J connectivity index is 1.75. The maximum Gasteiger partial charge on any atom is 0.317 e. The van der Waals surface area contributed by atoms with E-state index in [1.54, 1.807) is 0 Å². The molecule has 0 spiro atoms. The van der Waals surface area contributed by atoms with E-state index in [1.807, 2.05) is 25.1 Å². The van der Waals surface area contributed by atoms with Gasteiger partial charge in [-0.05, 0) is 37.0 Å². The predicted octanol–water partition coefficient (Wildman–Crippen LogP) is 6.77. The molecule has 4 nitrogen and oxygen atoms in total. The van der Waals surface area contributed by atoms with Gasteiger partial charge >= 0.3 is 5.97 Å². The summed E-state index contributed by atoms with van der Waals surface area (Å²) in [6.07, 6.45) is 9.58. The van der Waals surface area contributed by atoms with E-state index in [0.717, 1.165) is 36.2 Å². The van der Waals surface area contributed by atoms with Crippen molar-refractivity contribution in [1.82, 2.24) is 0 Å². The average molecular weight is 455 g/mol. The van der Waals surface area contributed by atoms with E-state index < -0.39 is 0 Å². The van der Waals surface area contributed by atoms with E-state index in [2.05, 4.69) is 57.4 Å². The Morgan fingerprint density at radius 3 is 2.30 bits per heavy atom. The van der Waals surface area contributed by atoms with Gasteiger partial charge in [0.1, 0.15) is 18.2 Å². The van der Waals surface area contributed by atoms with Crippen LogP contribution in [0.25, 0.3) is 0 Å². The highest BCUT2D eigenvalue weighted by Gasteiger charge is 2.28. The van der Waals surface area contributed by atoms with Crippen LogP contribution in [0.3, 0.4) is 0 Å². The maximum absolute atomic E-state index is 12.7. The van der Waals surface area contributed by atoms with E-state index in [9.17, 15) is 4.79 Å². The summed E-state index contributed by atoms with van der Waals surface area (Å²) in [6, 6.07) is 18.6. The van der Waals surface area contributed by atoms with Gasteiger partial charge in [-0.15, -0.1) is 0 Å². The summed E-state index contributed by atoms with van der Waals surface area (Å²) in [4.78, 5) is 12.7. The summed E-state index contributed by atoms with van der Waals surface area (Å²) in [5.41, 5.74) is 2.55. The molecule has 1 atom stereocenters. The molecule has 0 saturated heterocycles. The van der Waals surface area contributed by atoms with Crippen LogP contribution in [0.4, 0.5) is 0 Å². The van der Waals surface area contributed by atoms with Gasteiger partial charge in [0, 0.05) is 5.56 Å². The number of esters is 1. The van der Waals surface area contributed by atoms with Crippen LogP contribution in [0.1, 0.15) is 69.9 Å². The number of aryl methyl sites for hydroxylation is 1. The fourth-order valence-electron chi connectivity index (χ4n) is 4.28. The van der Waals surface area contributed by atoms with Gasteiger partial charge in [0.2, 0.25) is 6.79 Å². The van der Waals surface area contributed by atoms with E-state index in [1.165, 1.54) is 49.7 Å². The van der Waals surface area contributed by atoms with Crippen molar-refractivity contribution < 1.29 is 18.8 Å². The summed E-state index contributed by atoms with van der Waals surface area (Å²) < 4.78 is 12.0. The Labute approximate surface area is 201 Å². The lowest BCUT2D eigenvalue weighted by Crippen LogP contribution is -2.44. The van der Waals surface area contributed by atoms with Crippen molar-refractivity contribution in [3.05, 3.63) is 65.7 Å². The van der Waals surface area contributed by atoms with Crippen LogP contribution in [0, 0.1) is 5.92 Å². The van der Waals surface area contributed by atoms with Gasteiger partial charge in [-0.1, -0.05) is 88.4 Å². The first-order valence-corrected chi connectivity index (χ1v) is 12.7. The number of benzene rings is 2. The van der Waals surface area contributed by atoms with Crippen molar-refractivity contribution in [3.8, 4) is 5.75 Å². The van der Waals surface area contributed by atoms with Gasteiger partial charge in [-0.25, -0.2) is 0 Å². The molecule has 2 rings (SSSR count). The van der Waals surface area contributed by atoms with Gasteiger partial charge in [-0.2, -0.15) is 0 Å². The Kier molecular flexibility index (Phi) is 12.0. The van der Waals surface area contributed by atoms with Crippen LogP contribution in [-0.2, 0) is 22.5 Å². The number of quaternary nitrogens is 1. The zero-order valence-electron chi connectivity index (χ0n) is 21.2. The van der Waals surface area contributed by atoms with Crippen molar-refractivity contribution in [2.24, 2.45) is 5.92 Å². The molecule has 0 amide bonds. The first-order valence-electron chi connectivity index (χ1n) is 12.7. The lowest BCUT2D eigenvalue weighted by molar-refractivity contribution is -0.906. The lowest BCUT2D eigenvalue weighted by Gasteiger charge is -2.32. The minimum Gasteiger partial charge on any atom is -0.457 e. The van der Waals surface area contributed by atoms with Gasteiger partial charge in [0.15, 0.2) is 0 Å². The van der Waals surface area contributed by atoms with Crippen molar-refractivity contribution in [1.29, 1.82) is 0 Å². The van der Waals surface area contributed by atoms with E-state index in [-0.39, 0.29) is 18.7 Å². The number of rotatable bonds is 16. The number of hydrogen-bond donors (Lipinski definition) is 0. The summed E-state index contributed by atoms with van der Waals surface area (Å²) in [7, 11) is 4.32. The number of ether oxygens (including phenoxy) is 2. The predicted molar refractivity (Wildman–Crippen MR) is 136 cm³/mol. The summed E-state index contributed by atoms with van der Waals surface area (Å²) >= 11 is 0. The topological polar surface area (TPSA) is 35.5 Å². The zero-order chi connectivity index (χ0) is 23.9. The molecule has 1 unspecified atom stereocenters. The van der Waals surface area contributed by atoms with Gasteiger partial charge < -0.3 is 14.0 Å². The average Bonchev–Trinajstić information content (AvgIpc) is 2.80. The second-order valence-corrected chi connectivity index (χ2v) is 9.76. The lowest BCUT2D eigenvalue weighted by atomic mass is 10.0. The second kappa shape index (κ2) is 14.7. The Morgan fingerprint density at radius 1 is 0.879 bits per heavy atom. The highest BCUT2D eigenvalue weighted by molar-refractivity contribution is 5.72. The molecular weight excluding hydrogens is 410 g/mol. The number of hydrogen-bond acceptors (Lipinski definition) is 3. The van der Waals surface area contributed by atoms with Crippen molar-refractivity contribution in [2.45, 2.75) is 71.8 Å². The first kappa shape index (κ1) is 26.9. The van der Waals surface area contributed by atoms with Crippen LogP contribution < -0.4 is 4.74 Å². The summed E-state index contributed by atoms with van der Waals surface area (Å²) in [5.74, 6) is 0.436. The van der Waals surface area contributed by atoms with Gasteiger partial charge in [0.05, 0.1) is 20.6 Å². The molecular formula is C29H44NO3+. The fourth-order valence-corrected chi connectivity index (χ4v) is 4.28. The fraction of sp³-hybridized carbons (Fsp3) is 0.552. The smallest absolute Gasteiger partial charge is 0.317 e. The molecule has 0 saturated carbocycles. The molecule has 0 fully saturated rings. The van der Waals surface area contributed by atoms with Crippen molar-refractivity contribution >= 4 is 5.97 Å². The minimum absolute atomic E-state index is 0.0398. The molecule has 2 aromatic rings. The zero-order valence-corrected chi connectivity index (χ0v) is 21.2. The Bertz CT molecular complexity index is 804. The molecule has 182 valence electrons. The number of unbranched alkanes of at least 4 members (excludes halogenated alkanes) is 5. The van der Waals surface area contributed by atoms with E-state index in [0.29, 0.717) is 0 Å². The molecule has 2 aromatic carbocycles. The monoisotopic (exact) mass is 454 g/mol. The van der Waals surface area contributed by atoms with E-state index >= 15 is 0 Å². The van der Waals surface area contributed by atoms with Crippen LogP contribution in [0.15, 0.2) is 54.6 Å². The van der Waals surface area contributed by atoms with Gasteiger partial charge in [-0.3, -0.25) is 4.79 Å². The molecule has 0 heterocycles. The molecule has 0 N–H and O–H groups in total. The third-order valence-electron chi connectivity index (χ3n) is 6.14. The molecule has 4 heteroatoms. The summed E-state index contributed by atoms with van der Waals surface area (Å²) in [5, 5.41) is 0. The number of carbonyl (C=O) groups excluding carboxylic acids is 1. The summed E-state index contributed by atoms with van der Waals surface area (Å²) in [6.45, 7) is 5.87. The molecule has 0 aromatic heterocycles. The highest BCUT2D eigenvalue weighted by Crippen LogP contribution is 2.18. The highest BCUT2D eigenvalue weighted by atomic mass is 16.7. The standard InChI is InChI=1S/C29H44NO3/c1-5-7-8-9-10-12-16-25-19-15-20-28(21-25)32-24-33-29(31)27(6-2)23-30(3,4)22-26-17-13-11-14-18-26/h11,13-15,17-21,27H,5-10,12,16,22-24H2,1-4H3/q+1. The van der Waals surface area contributed by atoms with Crippen LogP contribution >= 0.6 is 0 Å². The van der Waals surface area contributed by atoms with Gasteiger partial charge in [0.25, 0.3) is 0 Å². The second-order valence-electron chi connectivity index (χ2n) is 9.76. The molecule has 0 aliphatic rings. The molecule has 0 radical (unpaired) electrons. The van der Waals surface area contributed by atoms with Crippen LogP contribution in [0.5, 0.6) is 5.75 Å². The third kappa shape index (κ3) is 10.9. The van der Waals surface area contributed by atoms with Crippen molar-refractivity contribution in [2.75, 3.05) is 27.4 Å². The minimum atomic E-state index is -0.181. The van der Waals surface area contributed by atoms with E-state index in [4.69, 9.17) is 9.47 Å². The quantitative estimate of drug-likeness (QED) is 0.121.